The number of furan rings is 1. The highest BCUT2D eigenvalue weighted by Gasteiger charge is 2.24. The van der Waals surface area contributed by atoms with Gasteiger partial charge in [-0.2, -0.15) is 0 Å². The summed E-state index contributed by atoms with van der Waals surface area (Å²) in [6, 6.07) is 9.51. The number of rotatable bonds is 5. The van der Waals surface area contributed by atoms with E-state index in [0.717, 1.165) is 25.0 Å². The van der Waals surface area contributed by atoms with Crippen LogP contribution in [0.25, 0.3) is 0 Å². The Balaban J connectivity index is 1.75. The average Bonchev–Trinajstić information content (AvgIpc) is 3.21. The smallest absolute Gasteiger partial charge is 0.289 e. The Kier molecular flexibility index (Phi) is 4.53. The highest BCUT2D eigenvalue weighted by Crippen LogP contribution is 2.17. The van der Waals surface area contributed by atoms with E-state index in [1.807, 2.05) is 0 Å². The van der Waals surface area contributed by atoms with Crippen LogP contribution >= 0.6 is 0 Å². The Hall–Kier alpha value is -2.14. The third kappa shape index (κ3) is 3.54. The lowest BCUT2D eigenvalue weighted by molar-refractivity contribution is 0.0484. The lowest BCUT2D eigenvalue weighted by atomic mass is 10.1. The highest BCUT2D eigenvalue weighted by molar-refractivity contribution is 5.91. The third-order valence-electron chi connectivity index (χ3n) is 3.75. The molecule has 1 saturated heterocycles. The molecule has 22 heavy (non-hydrogen) atoms. The fourth-order valence-electron chi connectivity index (χ4n) is 2.62. The number of carbonyl (C=O) groups is 1. The van der Waals surface area contributed by atoms with Crippen molar-refractivity contribution in [1.29, 1.82) is 0 Å². The Bertz CT molecular complexity index is 603. The Morgan fingerprint density at radius 3 is 2.73 bits per heavy atom. The van der Waals surface area contributed by atoms with E-state index in [1.54, 1.807) is 29.2 Å². The minimum absolute atomic E-state index is 0.0550. The number of carbonyl (C=O) groups excluding carboxylic acids is 1. The standard InChI is InChI=1S/C17H18FNO3/c18-14-7-5-13(6-8-14)11-19(12-15-3-1-9-21-15)17(20)16-4-2-10-22-16/h2,4-8,10,15H,1,3,9,11-12H2/t15-/m0/s1. The Labute approximate surface area is 128 Å². The van der Waals surface area contributed by atoms with Crippen molar-refractivity contribution in [2.75, 3.05) is 13.2 Å². The summed E-state index contributed by atoms with van der Waals surface area (Å²) in [6.45, 7) is 1.65. The predicted molar refractivity (Wildman–Crippen MR) is 78.8 cm³/mol. The van der Waals surface area contributed by atoms with E-state index in [-0.39, 0.29) is 17.8 Å². The van der Waals surface area contributed by atoms with Crippen molar-refractivity contribution in [2.45, 2.75) is 25.5 Å². The maximum Gasteiger partial charge on any atom is 0.289 e. The van der Waals surface area contributed by atoms with Crippen molar-refractivity contribution >= 4 is 5.91 Å². The van der Waals surface area contributed by atoms with Crippen LogP contribution in [-0.2, 0) is 11.3 Å². The molecule has 5 heteroatoms. The van der Waals surface area contributed by atoms with Gasteiger partial charge in [-0.05, 0) is 42.7 Å². The predicted octanol–water partition coefficient (Wildman–Crippen LogP) is 3.24. The molecule has 0 aliphatic carbocycles. The van der Waals surface area contributed by atoms with Crippen LogP contribution in [0.2, 0.25) is 0 Å². The molecule has 0 radical (unpaired) electrons. The largest absolute Gasteiger partial charge is 0.459 e. The summed E-state index contributed by atoms with van der Waals surface area (Å²) < 4.78 is 23.8. The molecular formula is C17H18FNO3. The van der Waals surface area contributed by atoms with Gasteiger partial charge >= 0.3 is 0 Å². The molecule has 1 atom stereocenters. The quantitative estimate of drug-likeness (QED) is 0.851. The van der Waals surface area contributed by atoms with E-state index in [2.05, 4.69) is 0 Å². The van der Waals surface area contributed by atoms with E-state index < -0.39 is 0 Å². The first-order valence-corrected chi connectivity index (χ1v) is 7.41. The van der Waals surface area contributed by atoms with Gasteiger partial charge in [-0.15, -0.1) is 0 Å². The number of hydrogen-bond donors (Lipinski definition) is 0. The lowest BCUT2D eigenvalue weighted by Gasteiger charge is -2.24. The minimum atomic E-state index is -0.285. The molecule has 0 bridgehead atoms. The zero-order chi connectivity index (χ0) is 15.4. The van der Waals surface area contributed by atoms with Gasteiger partial charge in [0.05, 0.1) is 12.4 Å². The molecule has 1 aromatic heterocycles. The molecule has 1 aromatic carbocycles. The maximum absolute atomic E-state index is 13.0. The molecule has 1 aliphatic heterocycles. The zero-order valence-corrected chi connectivity index (χ0v) is 12.2. The molecule has 0 N–H and O–H groups in total. The lowest BCUT2D eigenvalue weighted by Crippen LogP contribution is -2.36. The number of ether oxygens (including phenoxy) is 1. The van der Waals surface area contributed by atoms with Gasteiger partial charge in [-0.25, -0.2) is 4.39 Å². The van der Waals surface area contributed by atoms with Gasteiger partial charge in [-0.1, -0.05) is 12.1 Å². The monoisotopic (exact) mass is 303 g/mol. The molecule has 0 unspecified atom stereocenters. The van der Waals surface area contributed by atoms with Crippen LogP contribution in [0.4, 0.5) is 4.39 Å². The Morgan fingerprint density at radius 1 is 1.27 bits per heavy atom. The van der Waals surface area contributed by atoms with E-state index in [0.29, 0.717) is 18.8 Å². The van der Waals surface area contributed by atoms with Gasteiger partial charge in [-0.3, -0.25) is 4.79 Å². The fraction of sp³-hybridized carbons (Fsp3) is 0.353. The van der Waals surface area contributed by atoms with Crippen LogP contribution in [0, 0.1) is 5.82 Å². The van der Waals surface area contributed by atoms with Gasteiger partial charge in [0, 0.05) is 19.7 Å². The molecule has 0 spiro atoms. The van der Waals surface area contributed by atoms with E-state index in [9.17, 15) is 9.18 Å². The number of amides is 1. The summed E-state index contributed by atoms with van der Waals surface area (Å²) in [5.41, 5.74) is 0.874. The number of hydrogen-bond acceptors (Lipinski definition) is 3. The van der Waals surface area contributed by atoms with Gasteiger partial charge < -0.3 is 14.1 Å². The molecule has 1 aliphatic rings. The van der Waals surface area contributed by atoms with Gasteiger partial charge in [0.1, 0.15) is 5.82 Å². The molecule has 2 heterocycles. The van der Waals surface area contributed by atoms with Crippen molar-refractivity contribution in [3.8, 4) is 0 Å². The maximum atomic E-state index is 13.0. The third-order valence-corrected chi connectivity index (χ3v) is 3.75. The van der Waals surface area contributed by atoms with E-state index in [4.69, 9.17) is 9.15 Å². The second-order valence-corrected chi connectivity index (χ2v) is 5.42. The van der Waals surface area contributed by atoms with Crippen molar-refractivity contribution in [3.05, 3.63) is 59.8 Å². The molecule has 2 aromatic rings. The normalized spacial score (nSPS) is 17.6. The molecule has 116 valence electrons. The highest BCUT2D eigenvalue weighted by atomic mass is 19.1. The molecule has 1 amide bonds. The summed E-state index contributed by atoms with van der Waals surface area (Å²) in [6.07, 6.45) is 3.50. The molecule has 3 rings (SSSR count). The zero-order valence-electron chi connectivity index (χ0n) is 12.2. The molecule has 4 nitrogen and oxygen atoms in total. The van der Waals surface area contributed by atoms with Crippen LogP contribution in [-0.4, -0.2) is 30.1 Å². The van der Waals surface area contributed by atoms with Crippen LogP contribution < -0.4 is 0 Å². The number of nitrogens with zero attached hydrogens (tertiary/aromatic N) is 1. The molecule has 0 saturated carbocycles. The van der Waals surface area contributed by atoms with Gasteiger partial charge in [0.25, 0.3) is 5.91 Å². The topological polar surface area (TPSA) is 42.7 Å². The second kappa shape index (κ2) is 6.75. The Morgan fingerprint density at radius 2 is 2.09 bits per heavy atom. The van der Waals surface area contributed by atoms with Crippen molar-refractivity contribution in [1.82, 2.24) is 4.90 Å². The van der Waals surface area contributed by atoms with Crippen molar-refractivity contribution < 1.29 is 18.3 Å². The number of halogens is 1. The van der Waals surface area contributed by atoms with E-state index in [1.165, 1.54) is 18.4 Å². The van der Waals surface area contributed by atoms with Crippen LogP contribution in [0.15, 0.2) is 47.1 Å². The SMILES string of the molecule is O=C(c1ccco1)N(Cc1ccc(F)cc1)C[C@@H]1CCCO1. The van der Waals surface area contributed by atoms with E-state index >= 15 is 0 Å². The first-order valence-electron chi connectivity index (χ1n) is 7.41. The summed E-state index contributed by atoms with van der Waals surface area (Å²) in [4.78, 5) is 14.3. The first kappa shape index (κ1) is 14.8. The first-order chi connectivity index (χ1) is 10.7. The minimum Gasteiger partial charge on any atom is -0.459 e. The van der Waals surface area contributed by atoms with Crippen LogP contribution in [0.5, 0.6) is 0 Å². The number of benzene rings is 1. The summed E-state index contributed by atoms with van der Waals surface area (Å²) in [7, 11) is 0. The van der Waals surface area contributed by atoms with Crippen molar-refractivity contribution in [3.63, 3.8) is 0 Å². The average molecular weight is 303 g/mol. The van der Waals surface area contributed by atoms with Gasteiger partial charge in [0.2, 0.25) is 0 Å². The second-order valence-electron chi connectivity index (χ2n) is 5.42. The van der Waals surface area contributed by atoms with Gasteiger partial charge in [0.15, 0.2) is 5.76 Å². The van der Waals surface area contributed by atoms with Crippen molar-refractivity contribution in [2.24, 2.45) is 0 Å². The summed E-state index contributed by atoms with van der Waals surface area (Å²) >= 11 is 0. The molecular weight excluding hydrogens is 285 g/mol. The summed E-state index contributed by atoms with van der Waals surface area (Å²) in [5, 5.41) is 0. The fourth-order valence-corrected chi connectivity index (χ4v) is 2.62. The van der Waals surface area contributed by atoms with Crippen LogP contribution in [0.3, 0.4) is 0 Å². The summed E-state index contributed by atoms with van der Waals surface area (Å²) in [5.74, 6) is -0.156. The van der Waals surface area contributed by atoms with Crippen LogP contribution in [0.1, 0.15) is 29.0 Å². The molecule has 1 fully saturated rings.